The highest BCUT2D eigenvalue weighted by molar-refractivity contribution is 9.10. The molecule has 1 atom stereocenters. The number of anilines is 1. The van der Waals surface area contributed by atoms with Crippen molar-refractivity contribution in [2.24, 2.45) is 0 Å². The number of piperazine rings is 1. The number of aryl methyl sites for hydroxylation is 1. The number of benzene rings is 1. The standard InChI is InChI=1S/C13H15BrN2O2/c1-3-9-13(18)15-7-11(17)16(9)10-6-4-5-8(2)12(10)14/h4-6,9H,3,7H2,1-2H3,(H,15,18). The van der Waals surface area contributed by atoms with Gasteiger partial charge in [0.2, 0.25) is 11.8 Å². The second kappa shape index (κ2) is 5.10. The third-order valence-electron chi connectivity index (χ3n) is 3.11. The van der Waals surface area contributed by atoms with E-state index in [0.717, 1.165) is 15.7 Å². The molecule has 4 nitrogen and oxygen atoms in total. The molecule has 5 heteroatoms. The largest absolute Gasteiger partial charge is 0.345 e. The van der Waals surface area contributed by atoms with Crippen molar-refractivity contribution < 1.29 is 9.59 Å². The Bertz CT molecular complexity index is 502. The molecule has 96 valence electrons. The Kier molecular flexibility index (Phi) is 3.71. The fourth-order valence-corrected chi connectivity index (χ4v) is 2.60. The molecule has 0 aromatic heterocycles. The van der Waals surface area contributed by atoms with Crippen molar-refractivity contribution in [1.29, 1.82) is 0 Å². The third-order valence-corrected chi connectivity index (χ3v) is 4.15. The van der Waals surface area contributed by atoms with Gasteiger partial charge < -0.3 is 5.32 Å². The van der Waals surface area contributed by atoms with Gasteiger partial charge in [-0.1, -0.05) is 19.1 Å². The Morgan fingerprint density at radius 1 is 1.44 bits per heavy atom. The van der Waals surface area contributed by atoms with E-state index in [4.69, 9.17) is 0 Å². The molecule has 0 spiro atoms. The van der Waals surface area contributed by atoms with Crippen LogP contribution in [0.2, 0.25) is 0 Å². The fourth-order valence-electron chi connectivity index (χ4n) is 2.14. The van der Waals surface area contributed by atoms with Crippen LogP contribution in [0.1, 0.15) is 18.9 Å². The lowest BCUT2D eigenvalue weighted by Crippen LogP contribution is -2.58. The number of hydrogen-bond donors (Lipinski definition) is 1. The van der Waals surface area contributed by atoms with Crippen LogP contribution in [0.25, 0.3) is 0 Å². The van der Waals surface area contributed by atoms with Gasteiger partial charge in [0.15, 0.2) is 0 Å². The average molecular weight is 311 g/mol. The topological polar surface area (TPSA) is 49.4 Å². The van der Waals surface area contributed by atoms with E-state index in [1.807, 2.05) is 32.0 Å². The summed E-state index contributed by atoms with van der Waals surface area (Å²) in [6.45, 7) is 3.93. The normalized spacial score (nSPS) is 19.9. The van der Waals surface area contributed by atoms with Crippen molar-refractivity contribution in [2.75, 3.05) is 11.4 Å². The van der Waals surface area contributed by atoms with Crippen LogP contribution in [-0.2, 0) is 9.59 Å². The monoisotopic (exact) mass is 310 g/mol. The van der Waals surface area contributed by atoms with Crippen molar-refractivity contribution >= 4 is 33.4 Å². The van der Waals surface area contributed by atoms with E-state index >= 15 is 0 Å². The van der Waals surface area contributed by atoms with Gasteiger partial charge in [-0.3, -0.25) is 14.5 Å². The van der Waals surface area contributed by atoms with E-state index in [1.165, 1.54) is 0 Å². The Labute approximate surface area is 114 Å². The maximum atomic E-state index is 12.1. The van der Waals surface area contributed by atoms with Gasteiger partial charge in [-0.2, -0.15) is 0 Å². The highest BCUT2D eigenvalue weighted by Crippen LogP contribution is 2.32. The first-order chi connectivity index (χ1) is 8.56. The number of hydrogen-bond acceptors (Lipinski definition) is 2. The molecular weight excluding hydrogens is 296 g/mol. The first-order valence-corrected chi connectivity index (χ1v) is 6.70. The summed E-state index contributed by atoms with van der Waals surface area (Å²) in [4.78, 5) is 25.5. The number of nitrogens with one attached hydrogen (secondary N) is 1. The molecule has 1 unspecified atom stereocenters. The Hall–Kier alpha value is -1.36. The van der Waals surface area contributed by atoms with Gasteiger partial charge in [0.05, 0.1) is 12.2 Å². The van der Waals surface area contributed by atoms with Gasteiger partial charge in [-0.05, 0) is 40.9 Å². The summed E-state index contributed by atoms with van der Waals surface area (Å²) in [6.07, 6.45) is 0.595. The second-order valence-corrected chi connectivity index (χ2v) is 5.11. The van der Waals surface area contributed by atoms with Crippen LogP contribution < -0.4 is 10.2 Å². The SMILES string of the molecule is CCC1C(=O)NCC(=O)N1c1cccc(C)c1Br. The van der Waals surface area contributed by atoms with Crippen molar-refractivity contribution in [2.45, 2.75) is 26.3 Å². The molecule has 1 saturated heterocycles. The van der Waals surface area contributed by atoms with Crippen LogP contribution in [-0.4, -0.2) is 24.4 Å². The number of nitrogens with zero attached hydrogens (tertiary/aromatic N) is 1. The van der Waals surface area contributed by atoms with Crippen LogP contribution in [0, 0.1) is 6.92 Å². The summed E-state index contributed by atoms with van der Waals surface area (Å²) in [5, 5.41) is 2.62. The van der Waals surface area contributed by atoms with Gasteiger partial charge in [-0.25, -0.2) is 0 Å². The van der Waals surface area contributed by atoms with E-state index in [9.17, 15) is 9.59 Å². The number of halogens is 1. The summed E-state index contributed by atoms with van der Waals surface area (Å²) in [6, 6.07) is 5.28. The van der Waals surface area contributed by atoms with Gasteiger partial charge in [0.1, 0.15) is 6.04 Å². The Balaban J connectivity index is 2.48. The molecule has 2 amide bonds. The minimum absolute atomic E-state index is 0.0652. The molecule has 1 aromatic carbocycles. The molecule has 1 heterocycles. The van der Waals surface area contributed by atoms with Gasteiger partial charge in [-0.15, -0.1) is 0 Å². The molecular formula is C13H15BrN2O2. The van der Waals surface area contributed by atoms with Gasteiger partial charge in [0.25, 0.3) is 0 Å². The highest BCUT2D eigenvalue weighted by Gasteiger charge is 2.35. The fraction of sp³-hybridized carbons (Fsp3) is 0.385. The molecule has 1 N–H and O–H groups in total. The maximum absolute atomic E-state index is 12.1. The highest BCUT2D eigenvalue weighted by atomic mass is 79.9. The van der Waals surface area contributed by atoms with Crippen LogP contribution >= 0.6 is 15.9 Å². The van der Waals surface area contributed by atoms with E-state index in [0.29, 0.717) is 6.42 Å². The number of carbonyl (C=O) groups excluding carboxylic acids is 2. The predicted molar refractivity (Wildman–Crippen MR) is 73.5 cm³/mol. The second-order valence-electron chi connectivity index (χ2n) is 4.31. The zero-order valence-corrected chi connectivity index (χ0v) is 12.0. The van der Waals surface area contributed by atoms with Crippen LogP contribution in [0.4, 0.5) is 5.69 Å². The third kappa shape index (κ3) is 2.14. The number of rotatable bonds is 2. The predicted octanol–water partition coefficient (Wildman–Crippen LogP) is 2.00. The lowest BCUT2D eigenvalue weighted by Gasteiger charge is -2.35. The summed E-state index contributed by atoms with van der Waals surface area (Å²) >= 11 is 3.49. The Morgan fingerprint density at radius 2 is 2.17 bits per heavy atom. The zero-order valence-electron chi connectivity index (χ0n) is 10.4. The lowest BCUT2D eigenvalue weighted by atomic mass is 10.1. The maximum Gasteiger partial charge on any atom is 0.247 e. The van der Waals surface area contributed by atoms with Gasteiger partial charge >= 0.3 is 0 Å². The summed E-state index contributed by atoms with van der Waals surface area (Å²) in [5.74, 6) is -0.168. The molecule has 0 aliphatic carbocycles. The van der Waals surface area contributed by atoms with Crippen molar-refractivity contribution in [3.05, 3.63) is 28.2 Å². The molecule has 1 aliphatic heterocycles. The van der Waals surface area contributed by atoms with Crippen LogP contribution in [0.5, 0.6) is 0 Å². The molecule has 1 fully saturated rings. The minimum atomic E-state index is -0.427. The molecule has 18 heavy (non-hydrogen) atoms. The molecule has 1 aliphatic rings. The zero-order chi connectivity index (χ0) is 13.3. The van der Waals surface area contributed by atoms with Crippen LogP contribution in [0.15, 0.2) is 22.7 Å². The molecule has 0 saturated carbocycles. The van der Waals surface area contributed by atoms with E-state index in [2.05, 4.69) is 21.2 Å². The Morgan fingerprint density at radius 3 is 2.83 bits per heavy atom. The smallest absolute Gasteiger partial charge is 0.247 e. The van der Waals surface area contributed by atoms with Crippen molar-refractivity contribution in [3.8, 4) is 0 Å². The van der Waals surface area contributed by atoms with E-state index < -0.39 is 6.04 Å². The summed E-state index contributed by atoms with van der Waals surface area (Å²) < 4.78 is 0.867. The molecule has 0 bridgehead atoms. The number of amides is 2. The van der Waals surface area contributed by atoms with Crippen molar-refractivity contribution in [3.63, 3.8) is 0 Å². The first kappa shape index (κ1) is 13.1. The van der Waals surface area contributed by atoms with Gasteiger partial charge in [0, 0.05) is 4.47 Å². The number of carbonyl (C=O) groups is 2. The van der Waals surface area contributed by atoms with E-state index in [1.54, 1.807) is 4.90 Å². The average Bonchev–Trinajstić information content (AvgIpc) is 2.36. The summed E-state index contributed by atoms with van der Waals surface area (Å²) in [5.41, 5.74) is 1.81. The van der Waals surface area contributed by atoms with Crippen LogP contribution in [0.3, 0.4) is 0 Å². The quantitative estimate of drug-likeness (QED) is 0.908. The molecule has 0 radical (unpaired) electrons. The minimum Gasteiger partial charge on any atom is -0.345 e. The molecule has 1 aromatic rings. The first-order valence-electron chi connectivity index (χ1n) is 5.91. The van der Waals surface area contributed by atoms with E-state index in [-0.39, 0.29) is 18.4 Å². The summed E-state index contributed by atoms with van der Waals surface area (Å²) in [7, 11) is 0. The van der Waals surface area contributed by atoms with Crippen molar-refractivity contribution in [1.82, 2.24) is 5.32 Å². The molecule has 2 rings (SSSR count). The lowest BCUT2D eigenvalue weighted by molar-refractivity contribution is -0.131.